The van der Waals surface area contributed by atoms with Crippen molar-refractivity contribution in [3.05, 3.63) is 64.7 Å². The van der Waals surface area contributed by atoms with Crippen molar-refractivity contribution >= 4 is 0 Å². The first-order valence-electron chi connectivity index (χ1n) is 7.74. The first kappa shape index (κ1) is 14.2. The molecule has 2 nitrogen and oxygen atoms in total. The van der Waals surface area contributed by atoms with Gasteiger partial charge in [0, 0.05) is 6.04 Å². The van der Waals surface area contributed by atoms with Crippen molar-refractivity contribution in [2.24, 2.45) is 0 Å². The van der Waals surface area contributed by atoms with Gasteiger partial charge in [0.05, 0.1) is 0 Å². The van der Waals surface area contributed by atoms with E-state index in [-0.39, 0.29) is 0 Å². The van der Waals surface area contributed by atoms with Gasteiger partial charge in [0.15, 0.2) is 0 Å². The monoisotopic (exact) mass is 281 g/mol. The van der Waals surface area contributed by atoms with Crippen molar-refractivity contribution in [2.75, 3.05) is 7.05 Å². The zero-order valence-electron chi connectivity index (χ0n) is 12.9. The Morgan fingerprint density at radius 2 is 1.95 bits per heavy atom. The van der Waals surface area contributed by atoms with Crippen LogP contribution < -0.4 is 10.1 Å². The molecule has 1 aliphatic carbocycles. The molecule has 21 heavy (non-hydrogen) atoms. The molecule has 2 aromatic rings. The summed E-state index contributed by atoms with van der Waals surface area (Å²) in [7, 11) is 2.04. The number of hydrogen-bond acceptors (Lipinski definition) is 2. The lowest BCUT2D eigenvalue weighted by Crippen LogP contribution is -2.21. The Balaban J connectivity index is 1.70. The number of fused-ring (bicyclic) bond motifs is 1. The molecule has 2 heteroatoms. The second-order valence-corrected chi connectivity index (χ2v) is 5.87. The van der Waals surface area contributed by atoms with Gasteiger partial charge in [0.2, 0.25) is 0 Å². The number of benzene rings is 2. The van der Waals surface area contributed by atoms with E-state index in [2.05, 4.69) is 54.7 Å². The summed E-state index contributed by atoms with van der Waals surface area (Å²) >= 11 is 0. The van der Waals surface area contributed by atoms with E-state index in [0.29, 0.717) is 12.6 Å². The van der Waals surface area contributed by atoms with Crippen LogP contribution in [0.25, 0.3) is 0 Å². The largest absolute Gasteiger partial charge is 0.489 e. The molecule has 0 fully saturated rings. The minimum Gasteiger partial charge on any atom is -0.489 e. The molecular formula is C19H23NO. The fourth-order valence-corrected chi connectivity index (χ4v) is 3.03. The van der Waals surface area contributed by atoms with Gasteiger partial charge in [-0.2, -0.15) is 0 Å². The van der Waals surface area contributed by atoms with Crippen molar-refractivity contribution in [3.63, 3.8) is 0 Å². The highest BCUT2D eigenvalue weighted by Gasteiger charge is 2.18. The van der Waals surface area contributed by atoms with Crippen molar-refractivity contribution in [1.82, 2.24) is 5.32 Å². The van der Waals surface area contributed by atoms with Crippen molar-refractivity contribution < 1.29 is 4.74 Å². The van der Waals surface area contributed by atoms with Gasteiger partial charge < -0.3 is 10.1 Å². The van der Waals surface area contributed by atoms with E-state index in [1.54, 1.807) is 0 Å². The smallest absolute Gasteiger partial charge is 0.120 e. The predicted octanol–water partition coefficient (Wildman–Crippen LogP) is 4.17. The van der Waals surface area contributed by atoms with E-state index in [4.69, 9.17) is 4.74 Å². The van der Waals surface area contributed by atoms with Crippen LogP contribution >= 0.6 is 0 Å². The molecule has 0 bridgehead atoms. The van der Waals surface area contributed by atoms with Crippen LogP contribution in [-0.4, -0.2) is 7.05 Å². The average Bonchev–Trinajstić information content (AvgIpc) is 2.53. The van der Waals surface area contributed by atoms with E-state index in [9.17, 15) is 0 Å². The zero-order valence-corrected chi connectivity index (χ0v) is 12.9. The Kier molecular flexibility index (Phi) is 4.26. The van der Waals surface area contributed by atoms with Gasteiger partial charge >= 0.3 is 0 Å². The predicted molar refractivity (Wildman–Crippen MR) is 86.7 cm³/mol. The molecule has 1 atom stereocenters. The summed E-state index contributed by atoms with van der Waals surface area (Å²) in [6.07, 6.45) is 3.64. The third-order valence-corrected chi connectivity index (χ3v) is 4.30. The quantitative estimate of drug-likeness (QED) is 0.908. The van der Waals surface area contributed by atoms with Crippen molar-refractivity contribution in [3.8, 4) is 5.75 Å². The molecule has 0 saturated carbocycles. The highest BCUT2D eigenvalue weighted by Crippen LogP contribution is 2.32. The van der Waals surface area contributed by atoms with Crippen LogP contribution in [0.5, 0.6) is 5.75 Å². The summed E-state index contributed by atoms with van der Waals surface area (Å²) in [6, 6.07) is 15.6. The van der Waals surface area contributed by atoms with E-state index >= 15 is 0 Å². The second kappa shape index (κ2) is 6.31. The van der Waals surface area contributed by atoms with Crippen LogP contribution in [0.2, 0.25) is 0 Å². The van der Waals surface area contributed by atoms with Gasteiger partial charge in [0.1, 0.15) is 12.4 Å². The molecule has 0 amide bonds. The Bertz CT molecular complexity index is 603. The molecule has 0 spiro atoms. The molecule has 0 saturated heterocycles. The molecule has 0 radical (unpaired) electrons. The van der Waals surface area contributed by atoms with Gasteiger partial charge in [-0.25, -0.2) is 0 Å². The van der Waals surface area contributed by atoms with Crippen LogP contribution in [0.15, 0.2) is 42.5 Å². The normalized spacial score (nSPS) is 17.3. The fraction of sp³-hybridized carbons (Fsp3) is 0.368. The summed E-state index contributed by atoms with van der Waals surface area (Å²) in [5.74, 6) is 0.978. The third-order valence-electron chi connectivity index (χ3n) is 4.30. The minimum atomic E-state index is 0.500. The molecule has 0 aromatic heterocycles. The van der Waals surface area contributed by atoms with Gasteiger partial charge in [-0.1, -0.05) is 35.9 Å². The number of hydrogen-bond donors (Lipinski definition) is 1. The molecule has 0 aliphatic heterocycles. The molecule has 1 unspecified atom stereocenters. The van der Waals surface area contributed by atoms with Crippen molar-refractivity contribution in [2.45, 2.75) is 38.8 Å². The summed E-state index contributed by atoms with van der Waals surface area (Å²) in [5.41, 5.74) is 5.37. The maximum absolute atomic E-state index is 5.95. The van der Waals surface area contributed by atoms with E-state index < -0.39 is 0 Å². The lowest BCUT2D eigenvalue weighted by Gasteiger charge is -2.25. The van der Waals surface area contributed by atoms with Crippen LogP contribution in [0.4, 0.5) is 0 Å². The van der Waals surface area contributed by atoms with E-state index in [1.165, 1.54) is 35.1 Å². The molecule has 110 valence electrons. The standard InChI is InChI=1S/C19H23NO/c1-14-6-8-15(9-7-14)13-21-17-10-11-18-16(12-17)4-3-5-19(18)20-2/h6-12,19-20H,3-5,13H2,1-2H3. The SMILES string of the molecule is CNC1CCCc2cc(OCc3ccc(C)cc3)ccc21. The molecule has 3 rings (SSSR count). The van der Waals surface area contributed by atoms with Gasteiger partial charge in [-0.15, -0.1) is 0 Å². The summed E-state index contributed by atoms with van der Waals surface area (Å²) in [6.45, 7) is 2.74. The summed E-state index contributed by atoms with van der Waals surface area (Å²) < 4.78 is 5.95. The van der Waals surface area contributed by atoms with Gasteiger partial charge in [-0.05, 0) is 62.1 Å². The van der Waals surface area contributed by atoms with E-state index in [1.807, 2.05) is 7.05 Å². The number of ether oxygens (including phenoxy) is 1. The number of nitrogens with one attached hydrogen (secondary N) is 1. The second-order valence-electron chi connectivity index (χ2n) is 5.87. The average molecular weight is 281 g/mol. The maximum Gasteiger partial charge on any atom is 0.120 e. The Morgan fingerprint density at radius 1 is 1.14 bits per heavy atom. The van der Waals surface area contributed by atoms with Crippen LogP contribution in [0, 0.1) is 6.92 Å². The summed E-state index contributed by atoms with van der Waals surface area (Å²) in [4.78, 5) is 0. The highest BCUT2D eigenvalue weighted by molar-refractivity contribution is 5.39. The minimum absolute atomic E-state index is 0.500. The molecule has 2 aromatic carbocycles. The maximum atomic E-state index is 5.95. The number of rotatable bonds is 4. The number of aryl methyl sites for hydroxylation is 2. The summed E-state index contributed by atoms with van der Waals surface area (Å²) in [5, 5.41) is 3.40. The first-order valence-corrected chi connectivity index (χ1v) is 7.74. The Labute approximate surface area is 127 Å². The van der Waals surface area contributed by atoms with Crippen LogP contribution in [0.1, 0.15) is 41.1 Å². The lowest BCUT2D eigenvalue weighted by molar-refractivity contribution is 0.305. The van der Waals surface area contributed by atoms with Gasteiger partial charge in [-0.3, -0.25) is 0 Å². The molecule has 1 aliphatic rings. The van der Waals surface area contributed by atoms with Gasteiger partial charge in [0.25, 0.3) is 0 Å². The van der Waals surface area contributed by atoms with Crippen LogP contribution in [0.3, 0.4) is 0 Å². The van der Waals surface area contributed by atoms with Crippen LogP contribution in [-0.2, 0) is 13.0 Å². The zero-order chi connectivity index (χ0) is 14.7. The fourth-order valence-electron chi connectivity index (χ4n) is 3.03. The molecule has 0 heterocycles. The molecular weight excluding hydrogens is 258 g/mol. The highest BCUT2D eigenvalue weighted by atomic mass is 16.5. The molecule has 1 N–H and O–H groups in total. The topological polar surface area (TPSA) is 21.3 Å². The lowest BCUT2D eigenvalue weighted by atomic mass is 9.87. The van der Waals surface area contributed by atoms with Crippen molar-refractivity contribution in [1.29, 1.82) is 0 Å². The Morgan fingerprint density at radius 3 is 2.71 bits per heavy atom. The van der Waals surface area contributed by atoms with E-state index in [0.717, 1.165) is 12.2 Å². The Hall–Kier alpha value is -1.80. The first-order chi connectivity index (χ1) is 10.3. The third kappa shape index (κ3) is 3.27.